The molecule has 0 radical (unpaired) electrons. The number of carbonyl (C=O) groups excluding carboxylic acids is 1. The number of ether oxygens (including phenoxy) is 2. The lowest BCUT2D eigenvalue weighted by Gasteiger charge is -2.12. The number of rotatable bonds is 8. The smallest absolute Gasteiger partial charge is 0.237 e. The molecule has 0 unspecified atom stereocenters. The second-order valence-electron chi connectivity index (χ2n) is 6.04. The van der Waals surface area contributed by atoms with Gasteiger partial charge in [0.2, 0.25) is 17.6 Å². The fourth-order valence-electron chi connectivity index (χ4n) is 2.45. The molecule has 0 saturated heterocycles. The zero-order valence-corrected chi connectivity index (χ0v) is 17.7. The van der Waals surface area contributed by atoms with Crippen molar-refractivity contribution in [2.24, 2.45) is 0 Å². The SMILES string of the molecule is COc1cccc(-c2noc(CS[C@H](C)C(=O)Nc3ccc(OC)c(Cl)c3)n2)c1. The normalized spacial score (nSPS) is 11.7. The predicted octanol–water partition coefficient (Wildman–Crippen LogP) is 4.67. The van der Waals surface area contributed by atoms with Gasteiger partial charge in [0.25, 0.3) is 0 Å². The molecule has 0 saturated carbocycles. The number of thioether (sulfide) groups is 1. The standard InChI is InChI=1S/C20H20ClN3O4S/c1-12(20(25)22-14-7-8-17(27-3)16(21)10-14)29-11-18-23-19(24-28-18)13-5-4-6-15(9-13)26-2/h4-10,12H,11H2,1-3H3,(H,22,25)/t12-/m1/s1. The molecule has 0 fully saturated rings. The third-order valence-corrected chi connectivity index (χ3v) is 5.46. The highest BCUT2D eigenvalue weighted by Crippen LogP contribution is 2.28. The van der Waals surface area contributed by atoms with E-state index in [0.29, 0.717) is 39.7 Å². The van der Waals surface area contributed by atoms with Gasteiger partial charge >= 0.3 is 0 Å². The molecule has 1 N–H and O–H groups in total. The number of halogens is 1. The van der Waals surface area contributed by atoms with E-state index in [1.807, 2.05) is 31.2 Å². The summed E-state index contributed by atoms with van der Waals surface area (Å²) in [5.74, 6) is 2.45. The summed E-state index contributed by atoms with van der Waals surface area (Å²) in [6, 6.07) is 12.5. The molecule has 1 atom stereocenters. The van der Waals surface area contributed by atoms with Gasteiger partial charge in [-0.05, 0) is 37.3 Å². The summed E-state index contributed by atoms with van der Waals surface area (Å²) in [4.78, 5) is 16.8. The van der Waals surface area contributed by atoms with E-state index in [0.717, 1.165) is 5.56 Å². The van der Waals surface area contributed by atoms with E-state index in [1.54, 1.807) is 25.3 Å². The first-order chi connectivity index (χ1) is 14.0. The van der Waals surface area contributed by atoms with E-state index in [9.17, 15) is 4.79 Å². The Morgan fingerprint density at radius 3 is 2.79 bits per heavy atom. The number of hydrogen-bond donors (Lipinski definition) is 1. The number of nitrogens with one attached hydrogen (secondary N) is 1. The summed E-state index contributed by atoms with van der Waals surface area (Å²) >= 11 is 7.48. The average molecular weight is 434 g/mol. The number of methoxy groups -OCH3 is 2. The Morgan fingerprint density at radius 2 is 2.07 bits per heavy atom. The Kier molecular flexibility index (Phi) is 7.00. The number of anilines is 1. The zero-order chi connectivity index (χ0) is 20.8. The second kappa shape index (κ2) is 9.67. The van der Waals surface area contributed by atoms with Crippen LogP contribution in [0.25, 0.3) is 11.4 Å². The van der Waals surface area contributed by atoms with Crippen molar-refractivity contribution in [3.8, 4) is 22.9 Å². The number of aromatic nitrogens is 2. The second-order valence-corrected chi connectivity index (χ2v) is 7.77. The minimum atomic E-state index is -0.331. The predicted molar refractivity (Wildman–Crippen MR) is 114 cm³/mol. The van der Waals surface area contributed by atoms with Gasteiger partial charge in [0, 0.05) is 11.3 Å². The molecule has 1 amide bonds. The van der Waals surface area contributed by atoms with Crippen LogP contribution in [0.2, 0.25) is 5.02 Å². The Hall–Kier alpha value is -2.71. The lowest BCUT2D eigenvalue weighted by Crippen LogP contribution is -2.22. The van der Waals surface area contributed by atoms with Crippen LogP contribution in [0.3, 0.4) is 0 Å². The fourth-order valence-corrected chi connectivity index (χ4v) is 3.43. The highest BCUT2D eigenvalue weighted by Gasteiger charge is 2.17. The number of nitrogens with zero attached hydrogens (tertiary/aromatic N) is 2. The van der Waals surface area contributed by atoms with Crippen LogP contribution >= 0.6 is 23.4 Å². The van der Waals surface area contributed by atoms with Gasteiger partial charge in [-0.1, -0.05) is 28.9 Å². The average Bonchev–Trinajstić information content (AvgIpc) is 3.21. The van der Waals surface area contributed by atoms with Gasteiger partial charge in [0.15, 0.2) is 0 Å². The van der Waals surface area contributed by atoms with Crippen molar-refractivity contribution in [2.75, 3.05) is 19.5 Å². The van der Waals surface area contributed by atoms with Gasteiger partial charge in [0.1, 0.15) is 11.5 Å². The van der Waals surface area contributed by atoms with Crippen molar-refractivity contribution < 1.29 is 18.8 Å². The Morgan fingerprint density at radius 1 is 1.24 bits per heavy atom. The lowest BCUT2D eigenvalue weighted by molar-refractivity contribution is -0.115. The molecule has 0 aliphatic carbocycles. The molecule has 7 nitrogen and oxygen atoms in total. The quantitative estimate of drug-likeness (QED) is 0.552. The minimum Gasteiger partial charge on any atom is -0.497 e. The van der Waals surface area contributed by atoms with Crippen LogP contribution in [-0.4, -0.2) is 35.5 Å². The van der Waals surface area contributed by atoms with Crippen molar-refractivity contribution in [1.82, 2.24) is 10.1 Å². The minimum absolute atomic E-state index is 0.149. The molecule has 0 aliphatic heterocycles. The first kappa shape index (κ1) is 21.0. The van der Waals surface area contributed by atoms with Gasteiger partial charge in [0.05, 0.1) is 30.2 Å². The van der Waals surface area contributed by atoms with Crippen LogP contribution < -0.4 is 14.8 Å². The van der Waals surface area contributed by atoms with Gasteiger partial charge in [-0.3, -0.25) is 4.79 Å². The van der Waals surface area contributed by atoms with Gasteiger partial charge in [-0.2, -0.15) is 4.98 Å². The Labute approximate surface area is 177 Å². The summed E-state index contributed by atoms with van der Waals surface area (Å²) in [7, 11) is 3.14. The third-order valence-electron chi connectivity index (χ3n) is 4.04. The summed E-state index contributed by atoms with van der Waals surface area (Å²) < 4.78 is 15.6. The maximum Gasteiger partial charge on any atom is 0.237 e. The van der Waals surface area contributed by atoms with Crippen LogP contribution in [0.4, 0.5) is 5.69 Å². The van der Waals surface area contributed by atoms with Crippen molar-refractivity contribution in [2.45, 2.75) is 17.9 Å². The van der Waals surface area contributed by atoms with Crippen molar-refractivity contribution in [3.05, 3.63) is 53.4 Å². The first-order valence-electron chi connectivity index (χ1n) is 8.73. The lowest BCUT2D eigenvalue weighted by atomic mass is 10.2. The zero-order valence-electron chi connectivity index (χ0n) is 16.1. The first-order valence-corrected chi connectivity index (χ1v) is 10.2. The van der Waals surface area contributed by atoms with E-state index in [4.69, 9.17) is 25.6 Å². The molecule has 152 valence electrons. The Bertz CT molecular complexity index is 995. The summed E-state index contributed by atoms with van der Waals surface area (Å²) in [5.41, 5.74) is 1.40. The molecular formula is C20H20ClN3O4S. The van der Waals surface area contributed by atoms with Crippen LogP contribution in [0, 0.1) is 0 Å². The number of benzene rings is 2. The number of carbonyl (C=O) groups is 1. The van der Waals surface area contributed by atoms with E-state index >= 15 is 0 Å². The van der Waals surface area contributed by atoms with Gasteiger partial charge in [-0.15, -0.1) is 11.8 Å². The number of hydrogen-bond acceptors (Lipinski definition) is 7. The number of amides is 1. The topological polar surface area (TPSA) is 86.5 Å². The van der Waals surface area contributed by atoms with E-state index < -0.39 is 0 Å². The molecule has 3 rings (SSSR count). The monoisotopic (exact) mass is 433 g/mol. The molecule has 0 aliphatic rings. The van der Waals surface area contributed by atoms with Crippen LogP contribution in [0.5, 0.6) is 11.5 Å². The highest BCUT2D eigenvalue weighted by atomic mass is 35.5. The summed E-state index contributed by atoms with van der Waals surface area (Å²) in [5, 5.41) is 6.93. The summed E-state index contributed by atoms with van der Waals surface area (Å²) in [6.07, 6.45) is 0. The molecule has 29 heavy (non-hydrogen) atoms. The third kappa shape index (κ3) is 5.42. The van der Waals surface area contributed by atoms with Gasteiger partial charge in [-0.25, -0.2) is 0 Å². The summed E-state index contributed by atoms with van der Waals surface area (Å²) in [6.45, 7) is 1.81. The fraction of sp³-hybridized carbons (Fsp3) is 0.250. The maximum atomic E-state index is 12.4. The van der Waals surface area contributed by atoms with Crippen LogP contribution in [-0.2, 0) is 10.5 Å². The van der Waals surface area contributed by atoms with Gasteiger partial charge < -0.3 is 19.3 Å². The van der Waals surface area contributed by atoms with E-state index in [-0.39, 0.29) is 11.2 Å². The van der Waals surface area contributed by atoms with Crippen LogP contribution in [0.15, 0.2) is 47.0 Å². The molecule has 9 heteroatoms. The Balaban J connectivity index is 1.56. The molecule has 1 heterocycles. The van der Waals surface area contributed by atoms with Crippen molar-refractivity contribution in [1.29, 1.82) is 0 Å². The molecule has 1 aromatic heterocycles. The molecule has 2 aromatic carbocycles. The van der Waals surface area contributed by atoms with Crippen LogP contribution in [0.1, 0.15) is 12.8 Å². The van der Waals surface area contributed by atoms with E-state index in [2.05, 4.69) is 15.5 Å². The molecular weight excluding hydrogens is 414 g/mol. The largest absolute Gasteiger partial charge is 0.497 e. The van der Waals surface area contributed by atoms with Crippen molar-refractivity contribution in [3.63, 3.8) is 0 Å². The molecule has 3 aromatic rings. The maximum absolute atomic E-state index is 12.4. The highest BCUT2D eigenvalue weighted by molar-refractivity contribution is 7.99. The molecule has 0 spiro atoms. The molecule has 0 bridgehead atoms. The van der Waals surface area contributed by atoms with E-state index in [1.165, 1.54) is 18.9 Å². The van der Waals surface area contributed by atoms with Crippen molar-refractivity contribution >= 4 is 35.0 Å².